The number of rotatable bonds is 2. The Hall–Kier alpha value is -1.66. The van der Waals surface area contributed by atoms with E-state index < -0.39 is 5.60 Å². The minimum absolute atomic E-state index is 0.0409. The molecule has 2 aromatic rings. The molecule has 24 heavy (non-hydrogen) atoms. The van der Waals surface area contributed by atoms with Gasteiger partial charge in [-0.15, -0.1) is 11.3 Å². The number of thiophene rings is 1. The molecule has 2 aliphatic rings. The van der Waals surface area contributed by atoms with Crippen molar-refractivity contribution in [2.24, 2.45) is 13.0 Å². The lowest BCUT2D eigenvalue weighted by Crippen LogP contribution is -2.54. The van der Waals surface area contributed by atoms with E-state index in [1.807, 2.05) is 35.7 Å². The van der Waals surface area contributed by atoms with E-state index in [9.17, 15) is 9.90 Å². The minimum atomic E-state index is -0.555. The number of piperidine rings is 1. The molecule has 5 nitrogen and oxygen atoms in total. The molecule has 0 aromatic carbocycles. The van der Waals surface area contributed by atoms with Gasteiger partial charge in [-0.1, -0.05) is 18.9 Å². The molecule has 4 rings (SSSR count). The van der Waals surface area contributed by atoms with Crippen LogP contribution in [0, 0.1) is 5.92 Å². The molecule has 0 spiro atoms. The number of carbonyl (C=O) groups is 1. The summed E-state index contributed by atoms with van der Waals surface area (Å²) < 4.78 is 1.71. The zero-order valence-corrected chi connectivity index (χ0v) is 14.8. The first-order chi connectivity index (χ1) is 11.6. The Morgan fingerprint density at radius 2 is 2.29 bits per heavy atom. The van der Waals surface area contributed by atoms with E-state index in [0.717, 1.165) is 36.3 Å². The van der Waals surface area contributed by atoms with Crippen molar-refractivity contribution in [1.29, 1.82) is 0 Å². The van der Waals surface area contributed by atoms with Crippen LogP contribution < -0.4 is 0 Å². The second-order valence-corrected chi connectivity index (χ2v) is 8.04. The van der Waals surface area contributed by atoms with Crippen molar-refractivity contribution >= 4 is 17.2 Å². The molecule has 2 atom stereocenters. The van der Waals surface area contributed by atoms with Crippen LogP contribution in [-0.2, 0) is 7.05 Å². The number of aliphatic hydroxyl groups is 1. The molecule has 1 aliphatic carbocycles. The molecule has 6 heteroatoms. The molecule has 1 aliphatic heterocycles. The lowest BCUT2D eigenvalue weighted by atomic mass is 9.71. The summed E-state index contributed by atoms with van der Waals surface area (Å²) >= 11 is 1.60. The average Bonchev–Trinajstić information content (AvgIpc) is 3.22. The summed E-state index contributed by atoms with van der Waals surface area (Å²) in [7, 11) is 1.85. The monoisotopic (exact) mass is 345 g/mol. The predicted octanol–water partition coefficient (Wildman–Crippen LogP) is 2.92. The number of hydrogen-bond donors (Lipinski definition) is 1. The highest BCUT2D eigenvalue weighted by Gasteiger charge is 2.44. The fraction of sp³-hybridized carbons (Fsp3) is 0.556. The summed E-state index contributed by atoms with van der Waals surface area (Å²) in [4.78, 5) is 16.0. The van der Waals surface area contributed by atoms with Crippen LogP contribution in [0.4, 0.5) is 0 Å². The first-order valence-electron chi connectivity index (χ1n) is 8.66. The number of likely N-dealkylation sites (tertiary alicyclic amines) is 1. The summed E-state index contributed by atoms with van der Waals surface area (Å²) in [6.45, 7) is 1.29. The van der Waals surface area contributed by atoms with Gasteiger partial charge in [-0.3, -0.25) is 9.48 Å². The van der Waals surface area contributed by atoms with Crippen LogP contribution >= 0.6 is 11.3 Å². The van der Waals surface area contributed by atoms with Gasteiger partial charge in [0.25, 0.3) is 5.91 Å². The number of hydrogen-bond acceptors (Lipinski definition) is 4. The molecule has 128 valence electrons. The van der Waals surface area contributed by atoms with Crippen LogP contribution in [0.3, 0.4) is 0 Å². The Labute approximate surface area is 145 Å². The van der Waals surface area contributed by atoms with Crippen LogP contribution in [0.5, 0.6) is 0 Å². The van der Waals surface area contributed by atoms with E-state index in [4.69, 9.17) is 0 Å². The Morgan fingerprint density at radius 3 is 3.08 bits per heavy atom. The minimum Gasteiger partial charge on any atom is -0.389 e. The number of aromatic nitrogens is 2. The molecule has 2 aromatic heterocycles. The van der Waals surface area contributed by atoms with Crippen molar-refractivity contribution in [3.05, 3.63) is 29.3 Å². The third-order valence-corrected chi connectivity index (χ3v) is 6.41. The van der Waals surface area contributed by atoms with E-state index in [1.165, 1.54) is 0 Å². The zero-order valence-electron chi connectivity index (χ0n) is 13.9. The molecule has 3 heterocycles. The highest BCUT2D eigenvalue weighted by molar-refractivity contribution is 7.13. The van der Waals surface area contributed by atoms with Crippen molar-refractivity contribution in [2.45, 2.75) is 37.7 Å². The maximum Gasteiger partial charge on any atom is 0.257 e. The van der Waals surface area contributed by atoms with E-state index in [0.29, 0.717) is 25.1 Å². The number of amides is 1. The first kappa shape index (κ1) is 15.8. The summed E-state index contributed by atoms with van der Waals surface area (Å²) in [5.41, 5.74) is 0.878. The van der Waals surface area contributed by atoms with Gasteiger partial charge >= 0.3 is 0 Å². The van der Waals surface area contributed by atoms with Gasteiger partial charge in [0.05, 0.1) is 16.0 Å². The van der Waals surface area contributed by atoms with Gasteiger partial charge in [0, 0.05) is 32.3 Å². The fourth-order valence-electron chi connectivity index (χ4n) is 4.17. The van der Waals surface area contributed by atoms with Crippen molar-refractivity contribution in [2.75, 3.05) is 13.1 Å². The highest BCUT2D eigenvalue weighted by atomic mass is 32.1. The lowest BCUT2D eigenvalue weighted by Gasteiger charge is -2.47. The van der Waals surface area contributed by atoms with E-state index in [1.54, 1.807) is 16.0 Å². The molecular weight excluding hydrogens is 322 g/mol. The zero-order chi connectivity index (χ0) is 16.7. The molecule has 1 N–H and O–H groups in total. The van der Waals surface area contributed by atoms with Gasteiger partial charge in [0.15, 0.2) is 0 Å². The molecular formula is C18H23N3O2S. The summed E-state index contributed by atoms with van der Waals surface area (Å²) in [5, 5.41) is 17.3. The first-order valence-corrected chi connectivity index (χ1v) is 9.54. The topological polar surface area (TPSA) is 58.4 Å². The third kappa shape index (κ3) is 2.67. The normalized spacial score (nSPS) is 27.1. The van der Waals surface area contributed by atoms with Crippen LogP contribution in [0.2, 0.25) is 0 Å². The number of carbonyl (C=O) groups excluding carboxylic acids is 1. The van der Waals surface area contributed by atoms with Crippen molar-refractivity contribution < 1.29 is 9.90 Å². The van der Waals surface area contributed by atoms with Gasteiger partial charge in [0.1, 0.15) is 5.69 Å². The van der Waals surface area contributed by atoms with E-state index >= 15 is 0 Å². The standard InChI is InChI=1S/C18H23N3O2S/c1-20-12-14(16(19-20)15-6-4-10-24-15)17(22)21-9-8-18(23)7-3-2-5-13(18)11-21/h4,6,10,12-13,23H,2-3,5,7-9,11H2,1H3. The quantitative estimate of drug-likeness (QED) is 0.910. The fourth-order valence-corrected chi connectivity index (χ4v) is 4.89. The molecule has 2 fully saturated rings. The SMILES string of the molecule is Cn1cc(C(=O)N2CCC3(O)CCCCC3C2)c(-c2cccs2)n1. The Kier molecular flexibility index (Phi) is 3.96. The lowest BCUT2D eigenvalue weighted by molar-refractivity contribution is -0.0886. The molecule has 1 amide bonds. The van der Waals surface area contributed by atoms with E-state index in [-0.39, 0.29) is 11.8 Å². The number of aryl methyl sites for hydroxylation is 1. The van der Waals surface area contributed by atoms with Gasteiger partial charge in [-0.25, -0.2) is 0 Å². The third-order valence-electron chi connectivity index (χ3n) is 5.53. The Morgan fingerprint density at radius 1 is 1.42 bits per heavy atom. The van der Waals surface area contributed by atoms with E-state index in [2.05, 4.69) is 5.10 Å². The van der Waals surface area contributed by atoms with Gasteiger partial charge in [-0.2, -0.15) is 5.10 Å². The van der Waals surface area contributed by atoms with Gasteiger partial charge < -0.3 is 10.0 Å². The summed E-state index contributed by atoms with van der Waals surface area (Å²) in [6, 6.07) is 3.98. The second kappa shape index (κ2) is 6.01. The smallest absolute Gasteiger partial charge is 0.257 e. The molecule has 1 saturated carbocycles. The highest BCUT2D eigenvalue weighted by Crippen LogP contribution is 2.40. The molecule has 1 saturated heterocycles. The van der Waals surface area contributed by atoms with Crippen LogP contribution in [0.15, 0.2) is 23.7 Å². The van der Waals surface area contributed by atoms with Gasteiger partial charge in [-0.05, 0) is 30.7 Å². The van der Waals surface area contributed by atoms with Crippen molar-refractivity contribution in [3.63, 3.8) is 0 Å². The molecule has 2 unspecified atom stereocenters. The predicted molar refractivity (Wildman–Crippen MR) is 93.9 cm³/mol. The Balaban J connectivity index is 1.59. The maximum atomic E-state index is 13.1. The van der Waals surface area contributed by atoms with Gasteiger partial charge in [0.2, 0.25) is 0 Å². The van der Waals surface area contributed by atoms with Crippen LogP contribution in [0.25, 0.3) is 10.6 Å². The number of nitrogens with zero attached hydrogens (tertiary/aromatic N) is 3. The average molecular weight is 345 g/mol. The Bertz CT molecular complexity index is 740. The van der Waals surface area contributed by atoms with Crippen molar-refractivity contribution in [3.8, 4) is 10.6 Å². The second-order valence-electron chi connectivity index (χ2n) is 7.09. The summed E-state index contributed by atoms with van der Waals surface area (Å²) in [6.07, 6.45) is 6.67. The molecule has 0 radical (unpaired) electrons. The summed E-state index contributed by atoms with van der Waals surface area (Å²) in [5.74, 6) is 0.255. The largest absolute Gasteiger partial charge is 0.389 e. The maximum absolute atomic E-state index is 13.1. The van der Waals surface area contributed by atoms with Crippen LogP contribution in [-0.4, -0.2) is 44.4 Å². The van der Waals surface area contributed by atoms with Crippen LogP contribution in [0.1, 0.15) is 42.5 Å². The molecule has 0 bridgehead atoms. The van der Waals surface area contributed by atoms with Crippen molar-refractivity contribution in [1.82, 2.24) is 14.7 Å². The number of fused-ring (bicyclic) bond motifs is 1.